The summed E-state index contributed by atoms with van der Waals surface area (Å²) in [5.74, 6) is -0.0502. The molecule has 1 heterocycles. The predicted octanol–water partition coefficient (Wildman–Crippen LogP) is 2.87. The second kappa shape index (κ2) is 8.06. The van der Waals surface area contributed by atoms with Gasteiger partial charge < -0.3 is 11.1 Å². The molecule has 7 nitrogen and oxygen atoms in total. The van der Waals surface area contributed by atoms with Crippen LogP contribution in [0.1, 0.15) is 42.5 Å². The summed E-state index contributed by atoms with van der Waals surface area (Å²) in [4.78, 5) is 16.5. The Morgan fingerprint density at radius 1 is 1.19 bits per heavy atom. The minimum Gasteiger partial charge on any atom is -0.384 e. The number of anilines is 2. The van der Waals surface area contributed by atoms with Gasteiger partial charge in [0.2, 0.25) is 10.0 Å². The van der Waals surface area contributed by atoms with Gasteiger partial charge in [-0.3, -0.25) is 4.79 Å². The van der Waals surface area contributed by atoms with Crippen LogP contribution >= 0.6 is 0 Å². The summed E-state index contributed by atoms with van der Waals surface area (Å²) in [7, 11) is -2.03. The molecule has 0 bridgehead atoms. The Morgan fingerprint density at radius 3 is 2.59 bits per heavy atom. The lowest BCUT2D eigenvalue weighted by molar-refractivity contribution is 0.102. The van der Waals surface area contributed by atoms with Crippen LogP contribution in [0.2, 0.25) is 0 Å². The third kappa shape index (κ3) is 4.45. The van der Waals surface area contributed by atoms with Gasteiger partial charge in [-0.1, -0.05) is 25.3 Å². The van der Waals surface area contributed by atoms with Gasteiger partial charge in [0.25, 0.3) is 5.91 Å². The number of pyridine rings is 1. The zero-order valence-electron chi connectivity index (χ0n) is 15.3. The molecule has 1 fully saturated rings. The highest BCUT2D eigenvalue weighted by atomic mass is 32.2. The summed E-state index contributed by atoms with van der Waals surface area (Å²) in [5, 5.41) is 2.69. The monoisotopic (exact) mass is 388 g/mol. The molecule has 1 aromatic heterocycles. The van der Waals surface area contributed by atoms with Crippen molar-refractivity contribution in [3.8, 4) is 0 Å². The van der Waals surface area contributed by atoms with Crippen LogP contribution in [0.15, 0.2) is 47.5 Å². The Bertz CT molecular complexity index is 907. The summed E-state index contributed by atoms with van der Waals surface area (Å²) >= 11 is 0. The van der Waals surface area contributed by atoms with Crippen molar-refractivity contribution in [3.05, 3.63) is 48.2 Å². The summed E-state index contributed by atoms with van der Waals surface area (Å²) < 4.78 is 27.4. The molecule has 8 heteroatoms. The standard InChI is InChI=1S/C19H24N4O3S/c1-23(16-7-3-2-4-8-16)27(25,26)17-9-5-6-14(12-17)19(24)22-15-10-11-18(20)21-13-15/h5-6,9-13,16H,2-4,7-8H2,1H3,(H2,20,21)(H,22,24). The fourth-order valence-electron chi connectivity index (χ4n) is 3.29. The van der Waals surface area contributed by atoms with E-state index in [0.29, 0.717) is 11.5 Å². The van der Waals surface area contributed by atoms with Gasteiger partial charge >= 0.3 is 0 Å². The first-order valence-corrected chi connectivity index (χ1v) is 10.4. The molecule has 1 aromatic carbocycles. The number of benzene rings is 1. The first-order chi connectivity index (χ1) is 12.9. The van der Waals surface area contributed by atoms with Gasteiger partial charge in [-0.05, 0) is 43.2 Å². The summed E-state index contributed by atoms with van der Waals surface area (Å²) in [6.07, 6.45) is 6.44. The zero-order valence-corrected chi connectivity index (χ0v) is 16.1. The smallest absolute Gasteiger partial charge is 0.255 e. The molecule has 0 aliphatic heterocycles. The van der Waals surface area contributed by atoms with Crippen molar-refractivity contribution in [2.24, 2.45) is 0 Å². The Labute approximate surface area is 159 Å². The van der Waals surface area contributed by atoms with E-state index in [1.54, 1.807) is 31.3 Å². The summed E-state index contributed by atoms with van der Waals surface area (Å²) in [6.45, 7) is 0. The fraction of sp³-hybridized carbons (Fsp3) is 0.368. The minimum atomic E-state index is -3.65. The lowest BCUT2D eigenvalue weighted by Gasteiger charge is -2.30. The van der Waals surface area contributed by atoms with Crippen LogP contribution in [0.5, 0.6) is 0 Å². The van der Waals surface area contributed by atoms with E-state index < -0.39 is 15.9 Å². The van der Waals surface area contributed by atoms with Gasteiger partial charge in [0.1, 0.15) is 5.82 Å². The molecular weight excluding hydrogens is 364 g/mol. The van der Waals surface area contributed by atoms with Crippen molar-refractivity contribution >= 4 is 27.4 Å². The molecule has 1 aliphatic carbocycles. The van der Waals surface area contributed by atoms with Gasteiger partial charge in [0, 0.05) is 18.7 Å². The number of hydrogen-bond donors (Lipinski definition) is 2. The molecule has 1 saturated carbocycles. The first kappa shape index (κ1) is 19.3. The summed E-state index contributed by atoms with van der Waals surface area (Å²) in [6, 6.07) is 9.33. The molecule has 0 radical (unpaired) electrons. The van der Waals surface area contributed by atoms with Crippen LogP contribution in [0.3, 0.4) is 0 Å². The zero-order chi connectivity index (χ0) is 19.4. The fourth-order valence-corrected chi connectivity index (χ4v) is 4.75. The van der Waals surface area contributed by atoms with Gasteiger partial charge in [-0.25, -0.2) is 13.4 Å². The SMILES string of the molecule is CN(C1CCCCC1)S(=O)(=O)c1cccc(C(=O)Nc2ccc(N)nc2)c1. The molecule has 3 rings (SSSR count). The molecule has 0 unspecified atom stereocenters. The van der Waals surface area contributed by atoms with Crippen LogP contribution in [-0.2, 0) is 10.0 Å². The molecule has 0 atom stereocenters. The van der Waals surface area contributed by atoms with Crippen LogP contribution in [0.25, 0.3) is 0 Å². The average molecular weight is 388 g/mol. The van der Waals surface area contributed by atoms with Crippen molar-refractivity contribution in [1.29, 1.82) is 0 Å². The molecule has 2 aromatic rings. The van der Waals surface area contributed by atoms with E-state index in [9.17, 15) is 13.2 Å². The number of hydrogen-bond acceptors (Lipinski definition) is 5. The molecule has 144 valence electrons. The van der Waals surface area contributed by atoms with Crippen LogP contribution < -0.4 is 11.1 Å². The van der Waals surface area contributed by atoms with Crippen LogP contribution in [0, 0.1) is 0 Å². The second-order valence-corrected chi connectivity index (χ2v) is 8.76. The van der Waals surface area contributed by atoms with E-state index >= 15 is 0 Å². The molecular formula is C19H24N4O3S. The number of carbonyl (C=O) groups is 1. The predicted molar refractivity (Wildman–Crippen MR) is 105 cm³/mol. The van der Waals surface area contributed by atoms with Crippen molar-refractivity contribution < 1.29 is 13.2 Å². The van der Waals surface area contributed by atoms with E-state index in [0.717, 1.165) is 32.1 Å². The molecule has 27 heavy (non-hydrogen) atoms. The van der Waals surface area contributed by atoms with E-state index in [1.165, 1.54) is 22.6 Å². The maximum Gasteiger partial charge on any atom is 0.255 e. The summed E-state index contributed by atoms with van der Waals surface area (Å²) in [5.41, 5.74) is 6.29. The van der Waals surface area contributed by atoms with Crippen molar-refractivity contribution in [2.75, 3.05) is 18.1 Å². The Kier molecular flexibility index (Phi) is 5.76. The number of rotatable bonds is 5. The number of amides is 1. The van der Waals surface area contributed by atoms with Crippen molar-refractivity contribution in [1.82, 2.24) is 9.29 Å². The van der Waals surface area contributed by atoms with E-state index in [4.69, 9.17) is 5.73 Å². The number of sulfonamides is 1. The number of nitrogens with zero attached hydrogens (tertiary/aromatic N) is 2. The van der Waals surface area contributed by atoms with Crippen molar-refractivity contribution in [2.45, 2.75) is 43.0 Å². The topological polar surface area (TPSA) is 105 Å². The third-order valence-electron chi connectivity index (χ3n) is 4.91. The Balaban J connectivity index is 1.79. The normalized spacial score (nSPS) is 15.6. The van der Waals surface area contributed by atoms with Gasteiger partial charge in [-0.2, -0.15) is 4.31 Å². The number of nitrogens with two attached hydrogens (primary N) is 1. The van der Waals surface area contributed by atoms with Crippen LogP contribution in [0.4, 0.5) is 11.5 Å². The average Bonchev–Trinajstić information content (AvgIpc) is 2.70. The lowest BCUT2D eigenvalue weighted by Crippen LogP contribution is -2.38. The van der Waals surface area contributed by atoms with E-state index in [-0.39, 0.29) is 16.5 Å². The Morgan fingerprint density at radius 2 is 1.93 bits per heavy atom. The van der Waals surface area contributed by atoms with Gasteiger partial charge in [0.05, 0.1) is 16.8 Å². The number of nitrogen functional groups attached to an aromatic ring is 1. The highest BCUT2D eigenvalue weighted by Crippen LogP contribution is 2.26. The minimum absolute atomic E-state index is 0.0158. The van der Waals surface area contributed by atoms with Crippen LogP contribution in [-0.4, -0.2) is 36.7 Å². The molecule has 0 saturated heterocycles. The third-order valence-corrected chi connectivity index (χ3v) is 6.81. The molecule has 3 N–H and O–H groups in total. The van der Waals surface area contributed by atoms with Crippen molar-refractivity contribution in [3.63, 3.8) is 0 Å². The molecule has 1 amide bonds. The highest BCUT2D eigenvalue weighted by Gasteiger charge is 2.29. The largest absolute Gasteiger partial charge is 0.384 e. The van der Waals surface area contributed by atoms with E-state index in [1.807, 2.05) is 0 Å². The quantitative estimate of drug-likeness (QED) is 0.819. The maximum absolute atomic E-state index is 13.0. The number of aromatic nitrogens is 1. The second-order valence-electron chi connectivity index (χ2n) is 6.77. The van der Waals surface area contributed by atoms with Gasteiger partial charge in [0.15, 0.2) is 0 Å². The first-order valence-electron chi connectivity index (χ1n) is 8.99. The number of nitrogens with one attached hydrogen (secondary N) is 1. The highest BCUT2D eigenvalue weighted by molar-refractivity contribution is 7.89. The maximum atomic E-state index is 13.0. The Hall–Kier alpha value is -2.45. The molecule has 0 spiro atoms. The van der Waals surface area contributed by atoms with Gasteiger partial charge in [-0.15, -0.1) is 0 Å². The molecule has 1 aliphatic rings. The number of carbonyl (C=O) groups excluding carboxylic acids is 1. The lowest BCUT2D eigenvalue weighted by atomic mass is 9.96. The van der Waals surface area contributed by atoms with E-state index in [2.05, 4.69) is 10.3 Å².